The number of carbonyl (C=O) groups is 1. The van der Waals surface area contributed by atoms with E-state index in [1.165, 1.54) is 12.1 Å². The van der Waals surface area contributed by atoms with Gasteiger partial charge in [0.05, 0.1) is 17.9 Å². The monoisotopic (exact) mass is 341 g/mol. The molecule has 0 aliphatic carbocycles. The van der Waals surface area contributed by atoms with Crippen molar-refractivity contribution in [3.63, 3.8) is 0 Å². The number of amides is 1. The smallest absolute Gasteiger partial charge is 0.257 e. The zero-order valence-electron chi connectivity index (χ0n) is 14.2. The molecule has 6 heteroatoms. The number of hydrogen-bond donors (Lipinski definition) is 2. The van der Waals surface area contributed by atoms with Gasteiger partial charge >= 0.3 is 0 Å². The zero-order valence-corrected chi connectivity index (χ0v) is 14.2. The van der Waals surface area contributed by atoms with Crippen LogP contribution < -0.4 is 15.5 Å². The quantitative estimate of drug-likeness (QED) is 0.792. The Morgan fingerprint density at radius 2 is 2.00 bits per heavy atom. The summed E-state index contributed by atoms with van der Waals surface area (Å²) in [6, 6.07) is 12.1. The van der Waals surface area contributed by atoms with E-state index in [1.807, 2.05) is 31.3 Å². The largest absolute Gasteiger partial charge is 0.383 e. The van der Waals surface area contributed by atoms with E-state index in [1.54, 1.807) is 19.4 Å². The predicted octanol–water partition coefficient (Wildman–Crippen LogP) is 3.31. The van der Waals surface area contributed by atoms with Gasteiger partial charge in [0.25, 0.3) is 5.91 Å². The van der Waals surface area contributed by atoms with E-state index in [0.717, 1.165) is 17.9 Å². The first kappa shape index (κ1) is 17.0. The zero-order chi connectivity index (χ0) is 17.8. The molecule has 1 aliphatic rings. The van der Waals surface area contributed by atoms with Crippen LogP contribution in [0.3, 0.4) is 0 Å². The molecule has 5 nitrogen and oxygen atoms in total. The van der Waals surface area contributed by atoms with Crippen molar-refractivity contribution in [1.29, 1.82) is 0 Å². The van der Waals surface area contributed by atoms with Gasteiger partial charge in [-0.15, -0.1) is 0 Å². The summed E-state index contributed by atoms with van der Waals surface area (Å²) >= 11 is 0. The lowest BCUT2D eigenvalue weighted by Gasteiger charge is -2.19. The Bertz CT molecular complexity index is 803. The summed E-state index contributed by atoms with van der Waals surface area (Å²) in [5, 5.41) is 5.78. The molecule has 1 heterocycles. The van der Waals surface area contributed by atoms with E-state index in [4.69, 9.17) is 4.74 Å². The number of fused-ring (bicyclic) bond motifs is 1. The number of likely N-dealkylation sites (N-methyl/N-ethyl adjacent to an activating group) is 1. The maximum Gasteiger partial charge on any atom is 0.257 e. The van der Waals surface area contributed by atoms with Crippen LogP contribution in [0.1, 0.15) is 5.56 Å². The second-order valence-corrected chi connectivity index (χ2v) is 5.81. The van der Waals surface area contributed by atoms with Crippen molar-refractivity contribution in [2.24, 2.45) is 0 Å². The van der Waals surface area contributed by atoms with Crippen LogP contribution in [0.4, 0.5) is 21.5 Å². The summed E-state index contributed by atoms with van der Waals surface area (Å²) in [6.07, 6.45) is 1.64. The molecule has 0 spiro atoms. The van der Waals surface area contributed by atoms with Crippen LogP contribution in [0.25, 0.3) is 5.57 Å². The molecule has 25 heavy (non-hydrogen) atoms. The summed E-state index contributed by atoms with van der Waals surface area (Å²) in [5.74, 6) is -0.620. The molecule has 0 saturated heterocycles. The summed E-state index contributed by atoms with van der Waals surface area (Å²) in [4.78, 5) is 14.1. The number of rotatable bonds is 6. The molecule has 2 aromatic carbocycles. The Morgan fingerprint density at radius 1 is 1.24 bits per heavy atom. The molecule has 0 radical (unpaired) electrons. The second kappa shape index (κ2) is 7.36. The van der Waals surface area contributed by atoms with Crippen molar-refractivity contribution in [2.45, 2.75) is 0 Å². The van der Waals surface area contributed by atoms with Crippen LogP contribution in [0.15, 0.2) is 48.7 Å². The van der Waals surface area contributed by atoms with Gasteiger partial charge in [-0.3, -0.25) is 4.79 Å². The Labute approximate surface area is 146 Å². The number of carbonyl (C=O) groups excluding carboxylic acids is 1. The fourth-order valence-electron chi connectivity index (χ4n) is 2.63. The number of hydrogen-bond acceptors (Lipinski definition) is 4. The van der Waals surface area contributed by atoms with Gasteiger partial charge in [-0.05, 0) is 42.5 Å². The van der Waals surface area contributed by atoms with Crippen molar-refractivity contribution in [2.75, 3.05) is 42.8 Å². The molecule has 0 aromatic heterocycles. The number of benzene rings is 2. The predicted molar refractivity (Wildman–Crippen MR) is 98.2 cm³/mol. The maximum absolute atomic E-state index is 13.2. The highest BCUT2D eigenvalue weighted by Gasteiger charge is 2.24. The third kappa shape index (κ3) is 3.80. The highest BCUT2D eigenvalue weighted by atomic mass is 19.1. The van der Waals surface area contributed by atoms with Crippen molar-refractivity contribution in [3.05, 3.63) is 60.0 Å². The second-order valence-electron chi connectivity index (χ2n) is 5.81. The van der Waals surface area contributed by atoms with Crippen LogP contribution in [-0.4, -0.2) is 33.2 Å². The normalized spacial score (nSPS) is 14.4. The van der Waals surface area contributed by atoms with E-state index in [-0.39, 0.29) is 11.7 Å². The number of methoxy groups -OCH3 is 1. The Morgan fingerprint density at radius 3 is 2.72 bits per heavy atom. The average Bonchev–Trinajstić information content (AvgIpc) is 2.92. The minimum Gasteiger partial charge on any atom is -0.383 e. The van der Waals surface area contributed by atoms with E-state index >= 15 is 0 Å². The van der Waals surface area contributed by atoms with E-state index < -0.39 is 0 Å². The maximum atomic E-state index is 13.2. The SMILES string of the molecule is COCCN(C)c1ccc(N/C=C2/C(=O)Nc3cc(F)ccc32)cc1. The van der Waals surface area contributed by atoms with Crippen molar-refractivity contribution in [3.8, 4) is 0 Å². The van der Waals surface area contributed by atoms with Gasteiger partial charge in [0.1, 0.15) is 5.82 Å². The third-order valence-corrected chi connectivity index (χ3v) is 4.09. The molecular formula is C19H20FN3O2. The number of halogens is 1. The summed E-state index contributed by atoms with van der Waals surface area (Å²) < 4.78 is 18.3. The highest BCUT2D eigenvalue weighted by Crippen LogP contribution is 2.32. The minimum absolute atomic E-state index is 0.246. The molecule has 130 valence electrons. The Hall–Kier alpha value is -2.86. The molecular weight excluding hydrogens is 321 g/mol. The lowest BCUT2D eigenvalue weighted by Crippen LogP contribution is -2.21. The first-order chi connectivity index (χ1) is 12.1. The number of nitrogens with one attached hydrogen (secondary N) is 2. The summed E-state index contributed by atoms with van der Waals surface area (Å²) in [5.41, 5.74) is 3.61. The molecule has 0 atom stereocenters. The molecule has 2 N–H and O–H groups in total. The third-order valence-electron chi connectivity index (χ3n) is 4.09. The van der Waals surface area contributed by atoms with Crippen molar-refractivity contribution in [1.82, 2.24) is 0 Å². The van der Waals surface area contributed by atoms with Gasteiger partial charge in [0, 0.05) is 43.8 Å². The standard InChI is InChI=1S/C19H20FN3O2/c1-23(9-10-25-2)15-6-4-14(5-7-15)21-12-17-16-8-3-13(20)11-18(16)22-19(17)24/h3-8,11-12,21H,9-10H2,1-2H3,(H,22,24)/b17-12+. The van der Waals surface area contributed by atoms with Gasteiger partial charge in [-0.25, -0.2) is 4.39 Å². The topological polar surface area (TPSA) is 53.6 Å². The molecule has 0 unspecified atom stereocenters. The molecule has 0 bridgehead atoms. The molecule has 2 aromatic rings. The Kier molecular flexibility index (Phi) is 5.00. The fraction of sp³-hybridized carbons (Fsp3) is 0.211. The number of nitrogens with zero attached hydrogens (tertiary/aromatic N) is 1. The average molecular weight is 341 g/mol. The first-order valence-corrected chi connectivity index (χ1v) is 7.96. The Balaban J connectivity index is 1.71. The van der Waals surface area contributed by atoms with Gasteiger partial charge in [0.2, 0.25) is 0 Å². The molecule has 1 amide bonds. The minimum atomic E-state index is -0.374. The van der Waals surface area contributed by atoms with Crippen LogP contribution >= 0.6 is 0 Å². The van der Waals surface area contributed by atoms with Crippen molar-refractivity contribution >= 4 is 28.5 Å². The van der Waals surface area contributed by atoms with Crippen molar-refractivity contribution < 1.29 is 13.9 Å². The highest BCUT2D eigenvalue weighted by molar-refractivity contribution is 6.31. The molecule has 0 fully saturated rings. The first-order valence-electron chi connectivity index (χ1n) is 7.96. The van der Waals surface area contributed by atoms with Crippen LogP contribution in [0.2, 0.25) is 0 Å². The van der Waals surface area contributed by atoms with E-state index in [2.05, 4.69) is 15.5 Å². The lowest BCUT2D eigenvalue weighted by atomic mass is 10.1. The summed E-state index contributed by atoms with van der Waals surface area (Å²) in [7, 11) is 3.68. The van der Waals surface area contributed by atoms with Crippen LogP contribution in [0, 0.1) is 5.82 Å². The lowest BCUT2D eigenvalue weighted by molar-refractivity contribution is -0.110. The van der Waals surface area contributed by atoms with E-state index in [9.17, 15) is 9.18 Å². The van der Waals surface area contributed by atoms with E-state index in [0.29, 0.717) is 23.4 Å². The number of anilines is 3. The fourth-order valence-corrected chi connectivity index (χ4v) is 2.63. The molecule has 0 saturated carbocycles. The van der Waals surface area contributed by atoms with Gasteiger partial charge in [-0.1, -0.05) is 0 Å². The summed E-state index contributed by atoms with van der Waals surface area (Å²) in [6.45, 7) is 1.47. The van der Waals surface area contributed by atoms with Gasteiger partial charge < -0.3 is 20.3 Å². The van der Waals surface area contributed by atoms with Gasteiger partial charge in [-0.2, -0.15) is 0 Å². The molecule has 1 aliphatic heterocycles. The van der Waals surface area contributed by atoms with Crippen LogP contribution in [0.5, 0.6) is 0 Å². The number of ether oxygens (including phenoxy) is 1. The van der Waals surface area contributed by atoms with Gasteiger partial charge in [0.15, 0.2) is 0 Å². The molecule has 3 rings (SSSR count). The van der Waals surface area contributed by atoms with Crippen LogP contribution in [-0.2, 0) is 9.53 Å².